The largest absolute Gasteiger partial charge is 0.480 e. The molecule has 0 amide bonds. The van der Waals surface area contributed by atoms with Crippen LogP contribution in [-0.2, 0) is 14.3 Å². The standard InChI is InChI=1S/C16H28O4/c1-3-5-9-13(4-2)12-20-15(19)16(14(17)18)10-7-6-8-11-16/h13H,3-12H2,1-2H3,(H,17,18). The van der Waals surface area contributed by atoms with Gasteiger partial charge in [0.2, 0.25) is 0 Å². The second kappa shape index (κ2) is 8.28. The molecule has 1 unspecified atom stereocenters. The zero-order chi connectivity index (χ0) is 15.0. The van der Waals surface area contributed by atoms with Crippen LogP contribution in [0.15, 0.2) is 0 Å². The zero-order valence-corrected chi connectivity index (χ0v) is 12.8. The fourth-order valence-electron chi connectivity index (χ4n) is 2.89. The minimum Gasteiger partial charge on any atom is -0.480 e. The first-order chi connectivity index (χ1) is 9.56. The molecule has 0 spiro atoms. The van der Waals surface area contributed by atoms with Gasteiger partial charge in [-0.25, -0.2) is 0 Å². The van der Waals surface area contributed by atoms with E-state index in [1.807, 2.05) is 0 Å². The molecular formula is C16H28O4. The van der Waals surface area contributed by atoms with E-state index >= 15 is 0 Å². The molecule has 0 aromatic rings. The third kappa shape index (κ3) is 4.22. The fraction of sp³-hybridized carbons (Fsp3) is 0.875. The smallest absolute Gasteiger partial charge is 0.323 e. The number of carboxylic acid groups (broad SMARTS) is 1. The van der Waals surface area contributed by atoms with Gasteiger partial charge in [0.15, 0.2) is 5.41 Å². The highest BCUT2D eigenvalue weighted by atomic mass is 16.5. The maximum atomic E-state index is 12.3. The van der Waals surface area contributed by atoms with Crippen LogP contribution in [0.3, 0.4) is 0 Å². The predicted molar refractivity (Wildman–Crippen MR) is 77.4 cm³/mol. The van der Waals surface area contributed by atoms with E-state index in [1.165, 1.54) is 0 Å². The molecule has 20 heavy (non-hydrogen) atoms. The molecular weight excluding hydrogens is 256 g/mol. The summed E-state index contributed by atoms with van der Waals surface area (Å²) in [6.07, 6.45) is 7.72. The Kier molecular flexibility index (Phi) is 7.03. The maximum absolute atomic E-state index is 12.3. The lowest BCUT2D eigenvalue weighted by molar-refractivity contribution is -0.172. The topological polar surface area (TPSA) is 63.6 Å². The highest BCUT2D eigenvalue weighted by Crippen LogP contribution is 2.38. The average molecular weight is 284 g/mol. The molecule has 116 valence electrons. The number of aliphatic carboxylic acids is 1. The van der Waals surface area contributed by atoms with E-state index in [4.69, 9.17) is 4.74 Å². The Morgan fingerprint density at radius 1 is 1.20 bits per heavy atom. The first-order valence-electron chi connectivity index (χ1n) is 7.97. The van der Waals surface area contributed by atoms with E-state index in [-0.39, 0.29) is 0 Å². The van der Waals surface area contributed by atoms with E-state index < -0.39 is 17.4 Å². The van der Waals surface area contributed by atoms with Crippen LogP contribution in [0.2, 0.25) is 0 Å². The number of carbonyl (C=O) groups excluding carboxylic acids is 1. The van der Waals surface area contributed by atoms with Gasteiger partial charge in [0.05, 0.1) is 6.61 Å². The third-order valence-electron chi connectivity index (χ3n) is 4.50. The molecule has 0 heterocycles. The van der Waals surface area contributed by atoms with Gasteiger partial charge in [0.25, 0.3) is 0 Å². The minimum absolute atomic E-state index is 0.355. The van der Waals surface area contributed by atoms with Gasteiger partial charge >= 0.3 is 11.9 Å². The molecule has 0 aromatic heterocycles. The van der Waals surface area contributed by atoms with Crippen LogP contribution in [0, 0.1) is 11.3 Å². The lowest BCUT2D eigenvalue weighted by Gasteiger charge is -2.31. The van der Waals surface area contributed by atoms with E-state index in [1.54, 1.807) is 0 Å². The van der Waals surface area contributed by atoms with Crippen LogP contribution in [0.25, 0.3) is 0 Å². The molecule has 1 saturated carbocycles. The summed E-state index contributed by atoms with van der Waals surface area (Å²) in [4.78, 5) is 23.8. The molecule has 1 N–H and O–H groups in total. The van der Waals surface area contributed by atoms with Crippen molar-refractivity contribution in [3.8, 4) is 0 Å². The van der Waals surface area contributed by atoms with Crippen molar-refractivity contribution in [1.29, 1.82) is 0 Å². The monoisotopic (exact) mass is 284 g/mol. The maximum Gasteiger partial charge on any atom is 0.323 e. The Morgan fingerprint density at radius 3 is 2.35 bits per heavy atom. The van der Waals surface area contributed by atoms with Crippen LogP contribution in [-0.4, -0.2) is 23.7 Å². The van der Waals surface area contributed by atoms with Crippen LogP contribution >= 0.6 is 0 Å². The van der Waals surface area contributed by atoms with Crippen LogP contribution < -0.4 is 0 Å². The minimum atomic E-state index is -1.28. The van der Waals surface area contributed by atoms with Crippen molar-refractivity contribution in [1.82, 2.24) is 0 Å². The molecule has 1 fully saturated rings. The normalized spacial score (nSPS) is 19.3. The Bertz CT molecular complexity index is 318. The van der Waals surface area contributed by atoms with Gasteiger partial charge in [-0.05, 0) is 25.2 Å². The van der Waals surface area contributed by atoms with Gasteiger partial charge < -0.3 is 9.84 Å². The zero-order valence-electron chi connectivity index (χ0n) is 12.8. The molecule has 0 aromatic carbocycles. The van der Waals surface area contributed by atoms with Crippen LogP contribution in [0.4, 0.5) is 0 Å². The van der Waals surface area contributed by atoms with Gasteiger partial charge in [0.1, 0.15) is 0 Å². The molecule has 0 radical (unpaired) electrons. The van der Waals surface area contributed by atoms with Crippen LogP contribution in [0.5, 0.6) is 0 Å². The molecule has 0 aliphatic heterocycles. The van der Waals surface area contributed by atoms with Gasteiger partial charge in [-0.3, -0.25) is 9.59 Å². The van der Waals surface area contributed by atoms with Crippen molar-refractivity contribution in [2.75, 3.05) is 6.61 Å². The van der Waals surface area contributed by atoms with Crippen molar-refractivity contribution < 1.29 is 19.4 Å². The van der Waals surface area contributed by atoms with Crippen molar-refractivity contribution >= 4 is 11.9 Å². The Hall–Kier alpha value is -1.06. The lowest BCUT2D eigenvalue weighted by Crippen LogP contribution is -2.42. The molecule has 4 heteroatoms. The summed E-state index contributed by atoms with van der Waals surface area (Å²) in [5.74, 6) is -1.17. The fourth-order valence-corrected chi connectivity index (χ4v) is 2.89. The van der Waals surface area contributed by atoms with Gasteiger partial charge in [-0.15, -0.1) is 0 Å². The van der Waals surface area contributed by atoms with E-state index in [0.717, 1.165) is 44.9 Å². The summed E-state index contributed by atoms with van der Waals surface area (Å²) >= 11 is 0. The van der Waals surface area contributed by atoms with Gasteiger partial charge in [0, 0.05) is 0 Å². The van der Waals surface area contributed by atoms with Crippen molar-refractivity contribution in [2.24, 2.45) is 11.3 Å². The van der Waals surface area contributed by atoms with E-state index in [0.29, 0.717) is 25.4 Å². The molecule has 1 aliphatic rings. The molecule has 1 atom stereocenters. The van der Waals surface area contributed by atoms with E-state index in [2.05, 4.69) is 13.8 Å². The quantitative estimate of drug-likeness (QED) is 0.544. The number of carbonyl (C=O) groups is 2. The highest BCUT2D eigenvalue weighted by Gasteiger charge is 2.48. The van der Waals surface area contributed by atoms with Crippen LogP contribution in [0.1, 0.15) is 71.6 Å². The van der Waals surface area contributed by atoms with E-state index in [9.17, 15) is 14.7 Å². The third-order valence-corrected chi connectivity index (χ3v) is 4.50. The second-order valence-electron chi connectivity index (χ2n) is 5.96. The molecule has 0 saturated heterocycles. The van der Waals surface area contributed by atoms with Gasteiger partial charge in [-0.2, -0.15) is 0 Å². The van der Waals surface area contributed by atoms with Crippen molar-refractivity contribution in [3.05, 3.63) is 0 Å². The molecule has 0 bridgehead atoms. The second-order valence-corrected chi connectivity index (χ2v) is 5.96. The summed E-state index contributed by atoms with van der Waals surface area (Å²) in [5, 5.41) is 9.42. The predicted octanol–water partition coefficient (Wildman–Crippen LogP) is 3.78. The summed E-state index contributed by atoms with van der Waals surface area (Å²) in [5.41, 5.74) is -1.28. The molecule has 4 nitrogen and oxygen atoms in total. The summed E-state index contributed by atoms with van der Waals surface area (Å²) in [6.45, 7) is 4.59. The first kappa shape index (κ1) is 17.0. The Balaban J connectivity index is 2.56. The van der Waals surface area contributed by atoms with Crippen molar-refractivity contribution in [2.45, 2.75) is 71.6 Å². The number of hydrogen-bond acceptors (Lipinski definition) is 3. The number of unbranched alkanes of at least 4 members (excludes halogenated alkanes) is 1. The van der Waals surface area contributed by atoms with Crippen molar-refractivity contribution in [3.63, 3.8) is 0 Å². The van der Waals surface area contributed by atoms with Gasteiger partial charge in [-0.1, -0.05) is 52.4 Å². The Labute approximate surface area is 121 Å². The number of rotatable bonds is 8. The summed E-state index contributed by atoms with van der Waals surface area (Å²) < 4.78 is 5.38. The molecule has 1 rings (SSSR count). The number of esters is 1. The summed E-state index contributed by atoms with van der Waals surface area (Å²) in [6, 6.07) is 0. The first-order valence-corrected chi connectivity index (χ1v) is 7.97. The average Bonchev–Trinajstić information content (AvgIpc) is 2.47. The number of ether oxygens (including phenoxy) is 1. The SMILES string of the molecule is CCCCC(CC)COC(=O)C1(C(=O)O)CCCCC1. The lowest BCUT2D eigenvalue weighted by atomic mass is 9.74. The highest BCUT2D eigenvalue weighted by molar-refractivity contribution is 5.99. The summed E-state index contributed by atoms with van der Waals surface area (Å²) in [7, 11) is 0. The molecule has 1 aliphatic carbocycles. The number of carboxylic acids is 1. The Morgan fingerprint density at radius 2 is 1.85 bits per heavy atom. The number of hydrogen-bond donors (Lipinski definition) is 1.